The van der Waals surface area contributed by atoms with Crippen LogP contribution in [0.1, 0.15) is 19.5 Å². The number of rotatable bonds is 4. The second kappa shape index (κ2) is 6.15. The van der Waals surface area contributed by atoms with E-state index in [9.17, 15) is 9.18 Å². The zero-order chi connectivity index (χ0) is 14.7. The lowest BCUT2D eigenvalue weighted by Gasteiger charge is -2.08. The highest BCUT2D eigenvalue weighted by Gasteiger charge is 2.07. The maximum absolute atomic E-state index is 13.1. The molecular weight excluding hydrogens is 281 g/mol. The van der Waals surface area contributed by atoms with Gasteiger partial charge in [-0.15, -0.1) is 0 Å². The van der Waals surface area contributed by atoms with E-state index in [1.165, 1.54) is 24.3 Å². The number of nitrogens with zero attached hydrogens (tertiary/aromatic N) is 1. The van der Waals surface area contributed by atoms with Crippen molar-refractivity contribution >= 4 is 11.6 Å². The second-order valence-corrected chi connectivity index (χ2v) is 5.16. The van der Waals surface area contributed by atoms with Crippen molar-refractivity contribution in [1.29, 1.82) is 0 Å². The van der Waals surface area contributed by atoms with Crippen molar-refractivity contribution in [1.82, 2.24) is 15.3 Å². The lowest BCUT2D eigenvalue weighted by atomic mass is 10.2. The monoisotopic (exact) mass is 295 g/mol. The molecule has 0 amide bonds. The lowest BCUT2D eigenvalue weighted by molar-refractivity contribution is 0.580. The Labute approximate surface area is 121 Å². The smallest absolute Gasteiger partial charge is 0.251 e. The first-order valence-electron chi connectivity index (χ1n) is 6.25. The van der Waals surface area contributed by atoms with Gasteiger partial charge in [-0.1, -0.05) is 25.4 Å². The molecule has 0 aliphatic heterocycles. The van der Waals surface area contributed by atoms with Crippen molar-refractivity contribution in [3.8, 4) is 11.4 Å². The van der Waals surface area contributed by atoms with Gasteiger partial charge in [-0.3, -0.25) is 4.79 Å². The Hall–Kier alpha value is -1.72. The van der Waals surface area contributed by atoms with Crippen molar-refractivity contribution in [3.63, 3.8) is 0 Å². The van der Waals surface area contributed by atoms with Crippen molar-refractivity contribution in [2.45, 2.75) is 26.4 Å². The molecule has 0 radical (unpaired) electrons. The molecule has 106 valence electrons. The van der Waals surface area contributed by atoms with Gasteiger partial charge in [0, 0.05) is 24.2 Å². The molecule has 0 saturated heterocycles. The quantitative estimate of drug-likeness (QED) is 0.912. The Bertz CT molecular complexity index is 670. The van der Waals surface area contributed by atoms with E-state index < -0.39 is 5.82 Å². The molecular formula is C14H15ClFN3O. The van der Waals surface area contributed by atoms with Gasteiger partial charge >= 0.3 is 0 Å². The van der Waals surface area contributed by atoms with Crippen LogP contribution >= 0.6 is 11.6 Å². The van der Waals surface area contributed by atoms with Crippen LogP contribution in [-0.2, 0) is 6.54 Å². The molecule has 1 heterocycles. The van der Waals surface area contributed by atoms with Crippen LogP contribution in [0.15, 0.2) is 29.1 Å². The Morgan fingerprint density at radius 1 is 1.40 bits per heavy atom. The van der Waals surface area contributed by atoms with Crippen molar-refractivity contribution < 1.29 is 4.39 Å². The first kappa shape index (κ1) is 14.7. The number of nitrogens with one attached hydrogen (secondary N) is 2. The molecule has 0 bridgehead atoms. The minimum absolute atomic E-state index is 0.00384. The molecule has 0 saturated carbocycles. The number of aromatic amines is 1. The third-order valence-corrected chi connectivity index (χ3v) is 2.97. The van der Waals surface area contributed by atoms with E-state index in [0.29, 0.717) is 29.7 Å². The van der Waals surface area contributed by atoms with Gasteiger partial charge < -0.3 is 10.3 Å². The molecule has 2 aromatic rings. The van der Waals surface area contributed by atoms with Gasteiger partial charge in [0.25, 0.3) is 5.56 Å². The highest BCUT2D eigenvalue weighted by atomic mass is 35.5. The van der Waals surface area contributed by atoms with E-state index in [0.717, 1.165) is 0 Å². The topological polar surface area (TPSA) is 57.8 Å². The Kier molecular flexibility index (Phi) is 4.52. The number of benzene rings is 1. The average Bonchev–Trinajstić information content (AvgIpc) is 2.39. The minimum Gasteiger partial charge on any atom is -0.309 e. The van der Waals surface area contributed by atoms with Crippen molar-refractivity contribution in [2.24, 2.45) is 0 Å². The summed E-state index contributed by atoms with van der Waals surface area (Å²) >= 11 is 5.74. The molecule has 1 aromatic heterocycles. The Morgan fingerprint density at radius 2 is 2.15 bits per heavy atom. The molecule has 0 unspecified atom stereocenters. The molecule has 0 atom stereocenters. The summed E-state index contributed by atoms with van der Waals surface area (Å²) in [6, 6.07) is 5.94. The Balaban J connectivity index is 2.36. The number of hydrogen-bond donors (Lipinski definition) is 2. The van der Waals surface area contributed by atoms with Gasteiger partial charge in [0.2, 0.25) is 0 Å². The van der Waals surface area contributed by atoms with Crippen LogP contribution in [0.5, 0.6) is 0 Å². The summed E-state index contributed by atoms with van der Waals surface area (Å²) in [6.07, 6.45) is 0. The molecule has 6 heteroatoms. The van der Waals surface area contributed by atoms with Crippen molar-refractivity contribution in [2.75, 3.05) is 0 Å². The largest absolute Gasteiger partial charge is 0.309 e. The predicted octanol–water partition coefficient (Wildman–Crippen LogP) is 2.73. The van der Waals surface area contributed by atoms with Crippen LogP contribution in [0.4, 0.5) is 4.39 Å². The summed E-state index contributed by atoms with van der Waals surface area (Å²) in [5, 5.41) is 3.18. The third-order valence-electron chi connectivity index (χ3n) is 2.68. The van der Waals surface area contributed by atoms with Crippen LogP contribution < -0.4 is 10.9 Å². The molecule has 0 fully saturated rings. The highest BCUT2D eigenvalue weighted by Crippen LogP contribution is 2.21. The van der Waals surface area contributed by atoms with Gasteiger partial charge in [0.1, 0.15) is 11.6 Å². The summed E-state index contributed by atoms with van der Waals surface area (Å²) < 4.78 is 13.1. The maximum atomic E-state index is 13.1. The fourth-order valence-corrected chi connectivity index (χ4v) is 1.87. The molecule has 0 spiro atoms. The van der Waals surface area contributed by atoms with Crippen LogP contribution in [0, 0.1) is 5.82 Å². The standard InChI is InChI=1S/C14H15ClFN3O/c1-8(2)17-7-10-6-13(20)19-14(18-10)9-3-4-12(16)11(15)5-9/h3-6,8,17H,7H2,1-2H3,(H,18,19,20). The first-order chi connectivity index (χ1) is 9.45. The average molecular weight is 296 g/mol. The maximum Gasteiger partial charge on any atom is 0.251 e. The van der Waals surface area contributed by atoms with E-state index in [-0.39, 0.29) is 10.6 Å². The third kappa shape index (κ3) is 3.65. The van der Waals surface area contributed by atoms with E-state index in [1.807, 2.05) is 13.8 Å². The van der Waals surface area contributed by atoms with Crippen LogP contribution in [0.2, 0.25) is 5.02 Å². The summed E-state index contributed by atoms with van der Waals surface area (Å²) in [6.45, 7) is 4.51. The molecule has 1 aromatic carbocycles. The number of hydrogen-bond acceptors (Lipinski definition) is 3. The molecule has 0 aliphatic rings. The lowest BCUT2D eigenvalue weighted by Crippen LogP contribution is -2.24. The Morgan fingerprint density at radius 3 is 2.80 bits per heavy atom. The number of halogens is 2. The molecule has 2 rings (SSSR count). The zero-order valence-corrected chi connectivity index (χ0v) is 12.0. The number of H-pyrrole nitrogens is 1. The molecule has 20 heavy (non-hydrogen) atoms. The summed E-state index contributed by atoms with van der Waals surface area (Å²) in [4.78, 5) is 18.6. The fraction of sp³-hybridized carbons (Fsp3) is 0.286. The first-order valence-corrected chi connectivity index (χ1v) is 6.62. The SMILES string of the molecule is CC(C)NCc1cc(=O)[nH]c(-c2ccc(F)c(Cl)c2)n1. The van der Waals surface area contributed by atoms with Crippen LogP contribution in [0.25, 0.3) is 11.4 Å². The van der Waals surface area contributed by atoms with Gasteiger partial charge in [-0.2, -0.15) is 0 Å². The van der Waals surface area contributed by atoms with Gasteiger partial charge in [0.15, 0.2) is 0 Å². The zero-order valence-electron chi connectivity index (χ0n) is 11.2. The summed E-state index contributed by atoms with van der Waals surface area (Å²) in [7, 11) is 0. The van der Waals surface area contributed by atoms with Gasteiger partial charge in [-0.25, -0.2) is 9.37 Å². The van der Waals surface area contributed by atoms with Crippen LogP contribution in [0.3, 0.4) is 0 Å². The molecule has 4 nitrogen and oxygen atoms in total. The summed E-state index contributed by atoms with van der Waals surface area (Å²) in [5.41, 5.74) is 0.939. The minimum atomic E-state index is -0.504. The van der Waals surface area contributed by atoms with Crippen LogP contribution in [-0.4, -0.2) is 16.0 Å². The normalized spacial score (nSPS) is 11.1. The second-order valence-electron chi connectivity index (χ2n) is 4.75. The van der Waals surface area contributed by atoms with Gasteiger partial charge in [0.05, 0.1) is 10.7 Å². The van der Waals surface area contributed by atoms with Gasteiger partial charge in [-0.05, 0) is 18.2 Å². The highest BCUT2D eigenvalue weighted by molar-refractivity contribution is 6.31. The van der Waals surface area contributed by atoms with E-state index in [4.69, 9.17) is 11.6 Å². The summed E-state index contributed by atoms with van der Waals surface area (Å²) in [5.74, 6) is -0.129. The van der Waals surface area contributed by atoms with Crippen molar-refractivity contribution in [3.05, 3.63) is 51.2 Å². The van der Waals surface area contributed by atoms with E-state index >= 15 is 0 Å². The fourth-order valence-electron chi connectivity index (χ4n) is 1.69. The molecule has 0 aliphatic carbocycles. The number of aromatic nitrogens is 2. The predicted molar refractivity (Wildman–Crippen MR) is 77.2 cm³/mol. The molecule has 2 N–H and O–H groups in total. The van der Waals surface area contributed by atoms with E-state index in [2.05, 4.69) is 15.3 Å². The van der Waals surface area contributed by atoms with E-state index in [1.54, 1.807) is 0 Å².